The summed E-state index contributed by atoms with van der Waals surface area (Å²) >= 11 is 3.48. The Bertz CT molecular complexity index is 884. The maximum atomic E-state index is 13.7. The summed E-state index contributed by atoms with van der Waals surface area (Å²) in [6.07, 6.45) is 0.618. The molecule has 0 aliphatic carbocycles. The second-order valence-electron chi connectivity index (χ2n) is 6.19. The Morgan fingerprint density at radius 1 is 0.889 bits per heavy atom. The Labute approximate surface area is 166 Å². The van der Waals surface area contributed by atoms with Gasteiger partial charge in [0, 0.05) is 16.6 Å². The highest BCUT2D eigenvalue weighted by molar-refractivity contribution is 9.10. The van der Waals surface area contributed by atoms with Gasteiger partial charge >= 0.3 is 0 Å². The first-order chi connectivity index (χ1) is 13.1. The van der Waals surface area contributed by atoms with Gasteiger partial charge in [-0.1, -0.05) is 46.3 Å². The zero-order valence-electron chi connectivity index (χ0n) is 14.7. The number of rotatable bonds is 8. The van der Waals surface area contributed by atoms with Crippen LogP contribution in [0.2, 0.25) is 0 Å². The largest absolute Gasteiger partial charge is 0.489 e. The lowest BCUT2D eigenvalue weighted by molar-refractivity contribution is 0.302. The summed E-state index contributed by atoms with van der Waals surface area (Å²) < 4.78 is 33.5. The maximum absolute atomic E-state index is 13.7. The quantitative estimate of drug-likeness (QED) is 0.466. The number of ether oxygens (including phenoxy) is 1. The van der Waals surface area contributed by atoms with E-state index in [0.29, 0.717) is 31.7 Å². The van der Waals surface area contributed by atoms with Crippen LogP contribution in [0.15, 0.2) is 71.2 Å². The van der Waals surface area contributed by atoms with Gasteiger partial charge in [-0.3, -0.25) is 0 Å². The highest BCUT2D eigenvalue weighted by Gasteiger charge is 2.06. The van der Waals surface area contributed by atoms with Crippen LogP contribution in [-0.2, 0) is 19.6 Å². The van der Waals surface area contributed by atoms with Crippen molar-refractivity contribution in [2.75, 3.05) is 6.54 Å². The van der Waals surface area contributed by atoms with Gasteiger partial charge in [-0.2, -0.15) is 0 Å². The van der Waals surface area contributed by atoms with E-state index >= 15 is 0 Å². The van der Waals surface area contributed by atoms with Gasteiger partial charge in [0.25, 0.3) is 0 Å². The lowest BCUT2D eigenvalue weighted by Crippen LogP contribution is -2.17. The van der Waals surface area contributed by atoms with Gasteiger partial charge < -0.3 is 10.1 Å². The number of nitrogens with one attached hydrogen (secondary N) is 1. The molecule has 3 rings (SSSR count). The van der Waals surface area contributed by atoms with Gasteiger partial charge in [-0.05, 0) is 60.5 Å². The lowest BCUT2D eigenvalue weighted by Gasteiger charge is -2.13. The number of hydrogen-bond donors (Lipinski definition) is 1. The molecule has 0 amide bonds. The monoisotopic (exact) mass is 431 g/mol. The Morgan fingerprint density at radius 3 is 2.44 bits per heavy atom. The van der Waals surface area contributed by atoms with Crippen LogP contribution in [0.1, 0.15) is 16.7 Å². The van der Waals surface area contributed by atoms with Crippen molar-refractivity contribution in [3.05, 3.63) is 99.5 Å². The molecule has 0 aliphatic heterocycles. The minimum absolute atomic E-state index is 0.176. The Morgan fingerprint density at radius 2 is 1.67 bits per heavy atom. The Hall–Kier alpha value is -2.24. The molecule has 0 aromatic heterocycles. The molecule has 0 spiro atoms. The predicted molar refractivity (Wildman–Crippen MR) is 107 cm³/mol. The molecule has 3 aromatic rings. The van der Waals surface area contributed by atoms with Crippen LogP contribution in [-0.4, -0.2) is 6.54 Å². The van der Waals surface area contributed by atoms with E-state index in [-0.39, 0.29) is 11.6 Å². The minimum Gasteiger partial charge on any atom is -0.489 e. The molecule has 2 nitrogen and oxygen atoms in total. The van der Waals surface area contributed by atoms with Crippen LogP contribution >= 0.6 is 15.9 Å². The summed E-state index contributed by atoms with van der Waals surface area (Å²) in [7, 11) is 0. The van der Waals surface area contributed by atoms with Crippen molar-refractivity contribution in [2.24, 2.45) is 0 Å². The Kier molecular flexibility index (Phi) is 6.96. The zero-order valence-corrected chi connectivity index (χ0v) is 16.3. The van der Waals surface area contributed by atoms with Gasteiger partial charge in [-0.15, -0.1) is 0 Å². The third kappa shape index (κ3) is 5.88. The van der Waals surface area contributed by atoms with Crippen molar-refractivity contribution in [1.82, 2.24) is 5.32 Å². The highest BCUT2D eigenvalue weighted by Crippen LogP contribution is 2.24. The van der Waals surface area contributed by atoms with Gasteiger partial charge in [-0.25, -0.2) is 8.78 Å². The second-order valence-corrected chi connectivity index (χ2v) is 7.10. The van der Waals surface area contributed by atoms with Gasteiger partial charge in [0.2, 0.25) is 0 Å². The maximum Gasteiger partial charge on any atom is 0.126 e. The first kappa shape index (κ1) is 19.5. The van der Waals surface area contributed by atoms with Crippen molar-refractivity contribution < 1.29 is 13.5 Å². The van der Waals surface area contributed by atoms with Crippen LogP contribution in [0.4, 0.5) is 8.78 Å². The molecule has 0 heterocycles. The molecule has 1 N–H and O–H groups in total. The molecule has 0 aliphatic rings. The normalized spacial score (nSPS) is 10.8. The molecule has 5 heteroatoms. The van der Waals surface area contributed by atoms with Crippen molar-refractivity contribution in [2.45, 2.75) is 19.6 Å². The molecule has 0 atom stereocenters. The molecular formula is C22H20BrF2NO. The lowest BCUT2D eigenvalue weighted by atomic mass is 10.1. The van der Waals surface area contributed by atoms with Crippen LogP contribution in [0.5, 0.6) is 5.75 Å². The first-order valence-electron chi connectivity index (χ1n) is 8.71. The van der Waals surface area contributed by atoms with E-state index in [9.17, 15) is 8.78 Å². The summed E-state index contributed by atoms with van der Waals surface area (Å²) in [5, 5.41) is 3.33. The van der Waals surface area contributed by atoms with Crippen molar-refractivity contribution in [1.29, 1.82) is 0 Å². The summed E-state index contributed by atoms with van der Waals surface area (Å²) in [6.45, 7) is 1.63. The number of hydrogen-bond acceptors (Lipinski definition) is 2. The molecule has 0 unspecified atom stereocenters. The fourth-order valence-electron chi connectivity index (χ4n) is 2.72. The Balaban J connectivity index is 1.57. The molecule has 140 valence electrons. The van der Waals surface area contributed by atoms with Crippen molar-refractivity contribution in [3.8, 4) is 5.75 Å². The van der Waals surface area contributed by atoms with Crippen LogP contribution in [0.3, 0.4) is 0 Å². The van der Waals surface area contributed by atoms with Gasteiger partial charge in [0.05, 0.1) is 0 Å². The van der Waals surface area contributed by atoms with E-state index in [4.69, 9.17) is 4.74 Å². The standard InChI is InChI=1S/C22H20BrF2NO/c23-19-7-10-22(27-15-16-5-8-20(24)9-6-16)18(13-19)14-26-12-11-17-3-1-2-4-21(17)25/h1-10,13,26H,11-12,14-15H2. The molecule has 0 saturated heterocycles. The van der Waals surface area contributed by atoms with Gasteiger partial charge in [0.15, 0.2) is 0 Å². The molecule has 27 heavy (non-hydrogen) atoms. The molecule has 0 saturated carbocycles. The molecule has 0 bridgehead atoms. The predicted octanol–water partition coefficient (Wildman–Crippen LogP) is 5.64. The SMILES string of the molecule is Fc1ccc(COc2ccc(Br)cc2CNCCc2ccccc2F)cc1. The third-order valence-electron chi connectivity index (χ3n) is 4.17. The van der Waals surface area contributed by atoms with Gasteiger partial charge in [0.1, 0.15) is 24.0 Å². The average Bonchev–Trinajstić information content (AvgIpc) is 2.67. The summed E-state index contributed by atoms with van der Waals surface area (Å²) in [5.74, 6) is 0.327. The highest BCUT2D eigenvalue weighted by atomic mass is 79.9. The van der Waals surface area contributed by atoms with Crippen molar-refractivity contribution in [3.63, 3.8) is 0 Å². The van der Waals surface area contributed by atoms with E-state index in [1.807, 2.05) is 24.3 Å². The third-order valence-corrected chi connectivity index (χ3v) is 4.67. The van der Waals surface area contributed by atoms with E-state index in [1.165, 1.54) is 18.2 Å². The summed E-state index contributed by atoms with van der Waals surface area (Å²) in [4.78, 5) is 0. The number of benzene rings is 3. The molecular weight excluding hydrogens is 412 g/mol. The zero-order chi connectivity index (χ0) is 19.1. The van der Waals surface area contributed by atoms with E-state index in [0.717, 1.165) is 21.3 Å². The summed E-state index contributed by atoms with van der Waals surface area (Å²) in [6, 6.07) is 18.9. The molecule has 3 aromatic carbocycles. The number of halogens is 3. The van der Waals surface area contributed by atoms with E-state index in [2.05, 4.69) is 21.2 Å². The topological polar surface area (TPSA) is 21.3 Å². The second kappa shape index (κ2) is 9.62. The average molecular weight is 432 g/mol. The minimum atomic E-state index is -0.262. The molecule has 0 fully saturated rings. The van der Waals surface area contributed by atoms with Crippen LogP contribution < -0.4 is 10.1 Å². The first-order valence-corrected chi connectivity index (χ1v) is 9.51. The van der Waals surface area contributed by atoms with E-state index < -0.39 is 0 Å². The van der Waals surface area contributed by atoms with Crippen LogP contribution in [0, 0.1) is 11.6 Å². The fourth-order valence-corrected chi connectivity index (χ4v) is 3.12. The van der Waals surface area contributed by atoms with Crippen molar-refractivity contribution >= 4 is 15.9 Å². The smallest absolute Gasteiger partial charge is 0.126 e. The fraction of sp³-hybridized carbons (Fsp3) is 0.182. The van der Waals surface area contributed by atoms with Crippen LogP contribution in [0.25, 0.3) is 0 Å². The van der Waals surface area contributed by atoms with E-state index in [1.54, 1.807) is 24.3 Å². The summed E-state index contributed by atoms with van der Waals surface area (Å²) in [5.41, 5.74) is 2.60. The molecule has 0 radical (unpaired) electrons.